The first kappa shape index (κ1) is 19.8. The standard InChI is InChI=1S/C21H22ClN5OS/c1-15-23-20(25-24-15)14-26-10-12-27(13-11-26)21(28)9-7-16-6-8-19(29-16)17-4-2-3-5-18(17)22/h2-9H,10-14H2,1H3,(H,23,24,25)/b9-7+. The van der Waals surface area contributed by atoms with Gasteiger partial charge in [-0.2, -0.15) is 5.10 Å². The van der Waals surface area contributed by atoms with Crippen molar-refractivity contribution in [2.24, 2.45) is 0 Å². The van der Waals surface area contributed by atoms with Crippen molar-refractivity contribution in [2.75, 3.05) is 26.2 Å². The molecule has 1 fully saturated rings. The van der Waals surface area contributed by atoms with Gasteiger partial charge in [-0.3, -0.25) is 14.8 Å². The molecule has 8 heteroatoms. The van der Waals surface area contributed by atoms with Gasteiger partial charge in [0.15, 0.2) is 5.82 Å². The Morgan fingerprint density at radius 2 is 2.00 bits per heavy atom. The van der Waals surface area contributed by atoms with Crippen LogP contribution in [-0.2, 0) is 11.3 Å². The summed E-state index contributed by atoms with van der Waals surface area (Å²) in [7, 11) is 0. The second kappa shape index (κ2) is 8.90. The van der Waals surface area contributed by atoms with E-state index in [0.29, 0.717) is 19.6 Å². The van der Waals surface area contributed by atoms with Gasteiger partial charge in [0.05, 0.1) is 6.54 Å². The number of H-pyrrole nitrogens is 1. The van der Waals surface area contributed by atoms with Crippen LogP contribution in [0.25, 0.3) is 16.5 Å². The monoisotopic (exact) mass is 427 g/mol. The summed E-state index contributed by atoms with van der Waals surface area (Å²) in [5, 5.41) is 7.78. The van der Waals surface area contributed by atoms with Gasteiger partial charge in [-0.1, -0.05) is 29.8 Å². The molecule has 3 aromatic rings. The maximum absolute atomic E-state index is 12.5. The second-order valence-electron chi connectivity index (χ2n) is 6.95. The topological polar surface area (TPSA) is 65.1 Å². The Morgan fingerprint density at radius 1 is 1.21 bits per heavy atom. The van der Waals surface area contributed by atoms with Crippen LogP contribution in [0.1, 0.15) is 16.5 Å². The molecule has 0 unspecified atom stereocenters. The SMILES string of the molecule is Cc1nc(CN2CCN(C(=O)/C=C/c3ccc(-c4ccccc4Cl)s3)CC2)n[nH]1. The van der Waals surface area contributed by atoms with E-state index in [0.717, 1.165) is 45.1 Å². The third-order valence-electron chi connectivity index (χ3n) is 4.85. The van der Waals surface area contributed by atoms with Crippen molar-refractivity contribution in [3.63, 3.8) is 0 Å². The van der Waals surface area contributed by atoms with Gasteiger partial charge >= 0.3 is 0 Å². The first-order chi connectivity index (χ1) is 14.1. The number of nitrogens with zero attached hydrogens (tertiary/aromatic N) is 4. The molecule has 2 aromatic heterocycles. The molecule has 4 rings (SSSR count). The lowest BCUT2D eigenvalue weighted by molar-refractivity contribution is -0.127. The van der Waals surface area contributed by atoms with Crippen LogP contribution in [0.2, 0.25) is 5.02 Å². The maximum atomic E-state index is 12.5. The molecule has 1 amide bonds. The number of carbonyl (C=O) groups is 1. The first-order valence-corrected chi connectivity index (χ1v) is 10.7. The molecule has 3 heterocycles. The van der Waals surface area contributed by atoms with Crippen molar-refractivity contribution in [2.45, 2.75) is 13.5 Å². The minimum absolute atomic E-state index is 0.0473. The van der Waals surface area contributed by atoms with Gasteiger partial charge < -0.3 is 4.90 Å². The van der Waals surface area contributed by atoms with Crippen molar-refractivity contribution in [3.05, 3.63) is 64.0 Å². The molecule has 0 radical (unpaired) electrons. The lowest BCUT2D eigenvalue weighted by Gasteiger charge is -2.33. The number of rotatable bonds is 5. The van der Waals surface area contributed by atoms with Crippen molar-refractivity contribution >= 4 is 34.9 Å². The van der Waals surface area contributed by atoms with Crippen LogP contribution < -0.4 is 0 Å². The predicted octanol–water partition coefficient (Wildman–Crippen LogP) is 3.85. The molecule has 29 heavy (non-hydrogen) atoms. The van der Waals surface area contributed by atoms with E-state index in [2.05, 4.69) is 20.1 Å². The summed E-state index contributed by atoms with van der Waals surface area (Å²) in [6, 6.07) is 11.8. The van der Waals surface area contributed by atoms with E-state index in [4.69, 9.17) is 11.6 Å². The molecule has 0 atom stereocenters. The minimum atomic E-state index is 0.0473. The number of piperazine rings is 1. The Labute approximate surface area is 178 Å². The smallest absolute Gasteiger partial charge is 0.246 e. The summed E-state index contributed by atoms with van der Waals surface area (Å²) >= 11 is 7.90. The highest BCUT2D eigenvalue weighted by molar-refractivity contribution is 7.16. The van der Waals surface area contributed by atoms with Crippen LogP contribution in [0.3, 0.4) is 0 Å². The van der Waals surface area contributed by atoms with Gasteiger partial charge in [0.25, 0.3) is 0 Å². The summed E-state index contributed by atoms with van der Waals surface area (Å²) in [5.41, 5.74) is 1.02. The largest absolute Gasteiger partial charge is 0.337 e. The van der Waals surface area contributed by atoms with Gasteiger partial charge in [0.2, 0.25) is 5.91 Å². The first-order valence-electron chi connectivity index (χ1n) is 9.50. The third kappa shape index (κ3) is 4.93. The second-order valence-corrected chi connectivity index (χ2v) is 8.48. The molecule has 1 aliphatic heterocycles. The zero-order valence-corrected chi connectivity index (χ0v) is 17.7. The molecule has 1 saturated heterocycles. The number of amides is 1. The number of halogens is 1. The van der Waals surface area contributed by atoms with Gasteiger partial charge in [0, 0.05) is 52.6 Å². The van der Waals surface area contributed by atoms with E-state index in [9.17, 15) is 4.79 Å². The van der Waals surface area contributed by atoms with E-state index in [-0.39, 0.29) is 5.91 Å². The number of aromatic amines is 1. The third-order valence-corrected chi connectivity index (χ3v) is 6.26. The zero-order valence-electron chi connectivity index (χ0n) is 16.1. The van der Waals surface area contributed by atoms with Gasteiger partial charge in [-0.25, -0.2) is 4.98 Å². The molecule has 150 valence electrons. The summed E-state index contributed by atoms with van der Waals surface area (Å²) in [6.07, 6.45) is 3.55. The fourth-order valence-electron chi connectivity index (χ4n) is 3.29. The summed E-state index contributed by atoms with van der Waals surface area (Å²) in [5.74, 6) is 1.67. The van der Waals surface area contributed by atoms with Crippen molar-refractivity contribution in [1.29, 1.82) is 0 Å². The molecule has 0 bridgehead atoms. The van der Waals surface area contributed by atoms with E-state index in [1.807, 2.05) is 54.3 Å². The Bertz CT molecular complexity index is 1020. The predicted molar refractivity (Wildman–Crippen MR) is 117 cm³/mol. The lowest BCUT2D eigenvalue weighted by atomic mass is 10.2. The van der Waals surface area contributed by atoms with Crippen LogP contribution in [0.4, 0.5) is 0 Å². The van der Waals surface area contributed by atoms with E-state index < -0.39 is 0 Å². The van der Waals surface area contributed by atoms with Crippen LogP contribution in [0.5, 0.6) is 0 Å². The van der Waals surface area contributed by atoms with E-state index >= 15 is 0 Å². The highest BCUT2D eigenvalue weighted by Gasteiger charge is 2.20. The van der Waals surface area contributed by atoms with Crippen molar-refractivity contribution in [1.82, 2.24) is 25.0 Å². The lowest BCUT2D eigenvalue weighted by Crippen LogP contribution is -2.47. The summed E-state index contributed by atoms with van der Waals surface area (Å²) < 4.78 is 0. The van der Waals surface area contributed by atoms with Gasteiger partial charge in [-0.15, -0.1) is 11.3 Å². The Kier molecular flexibility index (Phi) is 6.08. The van der Waals surface area contributed by atoms with Crippen molar-refractivity contribution in [3.8, 4) is 10.4 Å². The molecule has 0 saturated carbocycles. The highest BCUT2D eigenvalue weighted by Crippen LogP contribution is 2.33. The number of hydrogen-bond acceptors (Lipinski definition) is 5. The number of hydrogen-bond donors (Lipinski definition) is 1. The molecular weight excluding hydrogens is 406 g/mol. The van der Waals surface area contributed by atoms with Crippen LogP contribution in [-0.4, -0.2) is 57.1 Å². The molecular formula is C21H22ClN5OS. The van der Waals surface area contributed by atoms with Gasteiger partial charge in [-0.05, 0) is 31.2 Å². The normalized spacial score (nSPS) is 15.3. The minimum Gasteiger partial charge on any atom is -0.337 e. The van der Waals surface area contributed by atoms with Crippen LogP contribution in [0.15, 0.2) is 42.5 Å². The van der Waals surface area contributed by atoms with Gasteiger partial charge in [0.1, 0.15) is 5.82 Å². The number of aromatic nitrogens is 3. The molecule has 1 aromatic carbocycles. The molecule has 1 N–H and O–H groups in total. The quantitative estimate of drug-likeness (QED) is 0.628. The maximum Gasteiger partial charge on any atom is 0.246 e. The zero-order chi connectivity index (χ0) is 20.2. The fourth-order valence-corrected chi connectivity index (χ4v) is 4.54. The number of thiophene rings is 1. The Hall–Kier alpha value is -2.48. The number of carbonyl (C=O) groups excluding carboxylic acids is 1. The average Bonchev–Trinajstić information content (AvgIpc) is 3.36. The Balaban J connectivity index is 1.31. The van der Waals surface area contributed by atoms with Crippen LogP contribution in [0, 0.1) is 6.92 Å². The molecule has 6 nitrogen and oxygen atoms in total. The molecule has 1 aliphatic rings. The fraction of sp³-hybridized carbons (Fsp3) is 0.286. The van der Waals surface area contributed by atoms with E-state index in [1.165, 1.54) is 0 Å². The summed E-state index contributed by atoms with van der Waals surface area (Å²) in [4.78, 5) is 23.2. The molecule has 0 spiro atoms. The number of nitrogens with one attached hydrogen (secondary N) is 1. The molecule has 0 aliphatic carbocycles. The number of aryl methyl sites for hydroxylation is 1. The van der Waals surface area contributed by atoms with E-state index in [1.54, 1.807) is 17.4 Å². The van der Waals surface area contributed by atoms with Crippen molar-refractivity contribution < 1.29 is 4.79 Å². The Morgan fingerprint density at radius 3 is 2.72 bits per heavy atom. The van der Waals surface area contributed by atoms with Crippen LogP contribution >= 0.6 is 22.9 Å². The summed E-state index contributed by atoms with van der Waals surface area (Å²) in [6.45, 7) is 5.67. The number of benzene rings is 1. The highest BCUT2D eigenvalue weighted by atomic mass is 35.5. The average molecular weight is 428 g/mol.